The van der Waals surface area contributed by atoms with E-state index in [0.29, 0.717) is 11.6 Å². The number of ether oxygens (including phenoxy) is 1. The van der Waals surface area contributed by atoms with Gasteiger partial charge in [-0.15, -0.1) is 0 Å². The fourth-order valence-electron chi connectivity index (χ4n) is 1.83. The van der Waals surface area contributed by atoms with E-state index >= 15 is 0 Å². The molecular formula is C16H10F2N2O3. The molecule has 2 aromatic carbocycles. The van der Waals surface area contributed by atoms with Gasteiger partial charge in [-0.3, -0.25) is 4.79 Å². The minimum absolute atomic E-state index is 0.146. The monoisotopic (exact) mass is 316 g/mol. The van der Waals surface area contributed by atoms with E-state index in [-0.39, 0.29) is 5.56 Å². The highest BCUT2D eigenvalue weighted by atomic mass is 19.1. The van der Waals surface area contributed by atoms with Crippen LogP contribution >= 0.6 is 0 Å². The Kier molecular flexibility index (Phi) is 4.66. The second-order valence-electron chi connectivity index (χ2n) is 4.45. The van der Waals surface area contributed by atoms with Gasteiger partial charge in [0.2, 0.25) is 0 Å². The number of amides is 1. The average molecular weight is 316 g/mol. The molecule has 0 aromatic heterocycles. The Hall–Kier alpha value is -3.27. The van der Waals surface area contributed by atoms with Crippen LogP contribution in [-0.2, 0) is 4.74 Å². The summed E-state index contributed by atoms with van der Waals surface area (Å²) in [7, 11) is 1.03. The van der Waals surface area contributed by atoms with E-state index in [1.807, 2.05) is 6.07 Å². The van der Waals surface area contributed by atoms with Crippen molar-refractivity contribution in [3.05, 3.63) is 64.7 Å². The normalized spacial score (nSPS) is 9.83. The predicted molar refractivity (Wildman–Crippen MR) is 76.8 cm³/mol. The molecule has 23 heavy (non-hydrogen) atoms. The van der Waals surface area contributed by atoms with Gasteiger partial charge in [0.05, 0.1) is 24.4 Å². The van der Waals surface area contributed by atoms with Gasteiger partial charge in [-0.25, -0.2) is 13.6 Å². The lowest BCUT2D eigenvalue weighted by atomic mass is 10.1. The molecule has 0 atom stereocenters. The van der Waals surface area contributed by atoms with Crippen LogP contribution in [0, 0.1) is 23.0 Å². The highest BCUT2D eigenvalue weighted by molar-refractivity contribution is 6.05. The molecule has 0 radical (unpaired) electrons. The van der Waals surface area contributed by atoms with Crippen molar-refractivity contribution >= 4 is 17.6 Å². The minimum Gasteiger partial charge on any atom is -0.465 e. The van der Waals surface area contributed by atoms with Crippen molar-refractivity contribution in [1.29, 1.82) is 5.26 Å². The largest absolute Gasteiger partial charge is 0.465 e. The molecule has 0 aliphatic rings. The molecule has 0 heterocycles. The van der Waals surface area contributed by atoms with Gasteiger partial charge >= 0.3 is 5.97 Å². The zero-order chi connectivity index (χ0) is 17.0. The quantitative estimate of drug-likeness (QED) is 0.883. The minimum atomic E-state index is -1.10. The van der Waals surface area contributed by atoms with Crippen LogP contribution < -0.4 is 5.32 Å². The van der Waals surface area contributed by atoms with Crippen LogP contribution in [-0.4, -0.2) is 19.0 Å². The Morgan fingerprint density at radius 3 is 2.39 bits per heavy atom. The van der Waals surface area contributed by atoms with Crippen molar-refractivity contribution in [2.24, 2.45) is 0 Å². The third-order valence-electron chi connectivity index (χ3n) is 2.97. The first-order chi connectivity index (χ1) is 11.0. The molecule has 2 aromatic rings. The number of methoxy groups -OCH3 is 1. The Morgan fingerprint density at radius 1 is 1.17 bits per heavy atom. The van der Waals surface area contributed by atoms with Gasteiger partial charge in [0.15, 0.2) is 5.82 Å². The zero-order valence-electron chi connectivity index (χ0n) is 11.9. The number of carbonyl (C=O) groups excluding carboxylic acids is 2. The summed E-state index contributed by atoms with van der Waals surface area (Å²) in [6.45, 7) is 0. The summed E-state index contributed by atoms with van der Waals surface area (Å²) in [5.74, 6) is -3.77. The number of nitrogens with one attached hydrogen (secondary N) is 1. The number of carbonyl (C=O) groups is 2. The molecule has 7 heteroatoms. The molecule has 0 unspecified atom stereocenters. The van der Waals surface area contributed by atoms with Gasteiger partial charge in [0, 0.05) is 11.6 Å². The van der Waals surface area contributed by atoms with Crippen LogP contribution in [0.15, 0.2) is 36.4 Å². The average Bonchev–Trinajstić information content (AvgIpc) is 2.57. The first-order valence-electron chi connectivity index (χ1n) is 6.35. The summed E-state index contributed by atoms with van der Waals surface area (Å²) in [4.78, 5) is 23.4. The van der Waals surface area contributed by atoms with Crippen LogP contribution in [0.1, 0.15) is 26.3 Å². The second kappa shape index (κ2) is 6.66. The predicted octanol–water partition coefficient (Wildman–Crippen LogP) is 2.88. The van der Waals surface area contributed by atoms with E-state index in [2.05, 4.69) is 10.1 Å². The molecule has 0 fully saturated rings. The van der Waals surface area contributed by atoms with E-state index in [1.54, 1.807) is 0 Å². The van der Waals surface area contributed by atoms with E-state index in [0.717, 1.165) is 13.2 Å². The van der Waals surface area contributed by atoms with Gasteiger partial charge in [0.25, 0.3) is 5.91 Å². The lowest BCUT2D eigenvalue weighted by Gasteiger charge is -2.09. The van der Waals surface area contributed by atoms with E-state index in [4.69, 9.17) is 5.26 Å². The van der Waals surface area contributed by atoms with Crippen molar-refractivity contribution in [3.63, 3.8) is 0 Å². The number of halogens is 2. The number of anilines is 1. The Balaban J connectivity index is 2.32. The Bertz CT molecular complexity index is 811. The number of nitriles is 1. The third kappa shape index (κ3) is 3.49. The van der Waals surface area contributed by atoms with Gasteiger partial charge in [-0.1, -0.05) is 0 Å². The molecule has 0 spiro atoms. The second-order valence-corrected chi connectivity index (χ2v) is 4.45. The van der Waals surface area contributed by atoms with E-state index < -0.39 is 34.8 Å². The Labute approximate surface area is 130 Å². The molecule has 1 N–H and O–H groups in total. The maximum atomic E-state index is 14.2. The molecule has 0 aliphatic heterocycles. The number of nitrogens with zero attached hydrogens (tertiary/aromatic N) is 1. The third-order valence-corrected chi connectivity index (χ3v) is 2.97. The summed E-state index contributed by atoms with van der Waals surface area (Å²) in [6.07, 6.45) is 0. The fourth-order valence-corrected chi connectivity index (χ4v) is 1.83. The highest BCUT2D eigenvalue weighted by Crippen LogP contribution is 2.22. The van der Waals surface area contributed by atoms with Gasteiger partial charge in [0.1, 0.15) is 11.4 Å². The molecule has 2 rings (SSSR count). The zero-order valence-corrected chi connectivity index (χ0v) is 11.9. The van der Waals surface area contributed by atoms with Crippen molar-refractivity contribution < 1.29 is 23.1 Å². The highest BCUT2D eigenvalue weighted by Gasteiger charge is 2.19. The first-order valence-corrected chi connectivity index (χ1v) is 6.35. The van der Waals surface area contributed by atoms with Crippen molar-refractivity contribution in [2.45, 2.75) is 0 Å². The number of rotatable bonds is 3. The summed E-state index contributed by atoms with van der Waals surface area (Å²) >= 11 is 0. The molecule has 1 amide bonds. The molecule has 0 bridgehead atoms. The maximum absolute atomic E-state index is 14.2. The fraction of sp³-hybridized carbons (Fsp3) is 0.0625. The van der Waals surface area contributed by atoms with Crippen molar-refractivity contribution in [3.8, 4) is 6.07 Å². The van der Waals surface area contributed by atoms with Crippen LogP contribution in [0.4, 0.5) is 14.5 Å². The topological polar surface area (TPSA) is 79.2 Å². The van der Waals surface area contributed by atoms with Crippen LogP contribution in [0.5, 0.6) is 0 Å². The van der Waals surface area contributed by atoms with E-state index in [9.17, 15) is 18.4 Å². The van der Waals surface area contributed by atoms with Crippen LogP contribution in [0.3, 0.4) is 0 Å². The number of benzene rings is 2. The van der Waals surface area contributed by atoms with Crippen molar-refractivity contribution in [1.82, 2.24) is 0 Å². The van der Waals surface area contributed by atoms with Crippen LogP contribution in [0.25, 0.3) is 0 Å². The molecule has 116 valence electrons. The van der Waals surface area contributed by atoms with E-state index in [1.165, 1.54) is 24.3 Å². The standard InChI is InChI=1S/C16H10F2N2O3/c1-23-16(22)12-6-11(17)7-13(14(12)18)20-15(21)10-4-2-9(8-19)3-5-10/h2-7H,1H3,(H,20,21). The number of hydrogen-bond acceptors (Lipinski definition) is 4. The Morgan fingerprint density at radius 2 is 1.83 bits per heavy atom. The summed E-state index contributed by atoms with van der Waals surface area (Å²) in [6, 6.07) is 8.89. The molecule has 5 nitrogen and oxygen atoms in total. The van der Waals surface area contributed by atoms with Gasteiger partial charge < -0.3 is 10.1 Å². The number of hydrogen-bond donors (Lipinski definition) is 1. The number of esters is 1. The van der Waals surface area contributed by atoms with Crippen LogP contribution in [0.2, 0.25) is 0 Å². The lowest BCUT2D eigenvalue weighted by molar-refractivity contribution is 0.0594. The van der Waals surface area contributed by atoms with Gasteiger partial charge in [-0.2, -0.15) is 5.26 Å². The first kappa shape index (κ1) is 16.1. The van der Waals surface area contributed by atoms with Crippen molar-refractivity contribution in [2.75, 3.05) is 12.4 Å². The lowest BCUT2D eigenvalue weighted by Crippen LogP contribution is -2.15. The molecule has 0 saturated heterocycles. The SMILES string of the molecule is COC(=O)c1cc(F)cc(NC(=O)c2ccc(C#N)cc2)c1F. The maximum Gasteiger partial charge on any atom is 0.341 e. The smallest absolute Gasteiger partial charge is 0.341 e. The summed E-state index contributed by atoms with van der Waals surface area (Å²) in [5.41, 5.74) is -0.610. The van der Waals surface area contributed by atoms with Gasteiger partial charge in [-0.05, 0) is 30.3 Å². The molecular weight excluding hydrogens is 306 g/mol. The summed E-state index contributed by atoms with van der Waals surface area (Å²) < 4.78 is 32.0. The molecule has 0 saturated carbocycles. The molecule has 0 aliphatic carbocycles. The summed E-state index contributed by atoms with van der Waals surface area (Å²) in [5, 5.41) is 10.9.